The smallest absolute Gasteiger partial charge is 0.327 e. The summed E-state index contributed by atoms with van der Waals surface area (Å²) in [7, 11) is 0. The zero-order chi connectivity index (χ0) is 19.4. The molecule has 0 aliphatic heterocycles. The largest absolute Gasteiger partial charge is 0.480 e. The fraction of sp³-hybridized carbons (Fsp3) is 0.176. The van der Waals surface area contributed by atoms with Crippen molar-refractivity contribution >= 4 is 11.9 Å². The van der Waals surface area contributed by atoms with Crippen molar-refractivity contribution in [2.45, 2.75) is 20.0 Å². The van der Waals surface area contributed by atoms with E-state index in [2.05, 4.69) is 25.7 Å². The first kappa shape index (κ1) is 18.1. The Morgan fingerprint density at radius 1 is 1.22 bits per heavy atom. The highest BCUT2D eigenvalue weighted by Gasteiger charge is 2.14. The van der Waals surface area contributed by atoms with Crippen molar-refractivity contribution in [3.63, 3.8) is 0 Å². The molecule has 3 rings (SSSR count). The van der Waals surface area contributed by atoms with E-state index in [-0.39, 0.29) is 23.9 Å². The number of hydrogen-bond donors (Lipinski definition) is 2. The second kappa shape index (κ2) is 7.68. The van der Waals surface area contributed by atoms with Gasteiger partial charge in [-0.15, -0.1) is 10.2 Å². The van der Waals surface area contributed by atoms with Gasteiger partial charge in [0.25, 0.3) is 5.91 Å². The number of nitrogens with zero attached hydrogens (tertiary/aromatic N) is 5. The van der Waals surface area contributed by atoms with Crippen LogP contribution in [0.2, 0.25) is 0 Å². The first-order chi connectivity index (χ1) is 12.9. The Balaban J connectivity index is 1.76. The fourth-order valence-electron chi connectivity index (χ4n) is 2.34. The van der Waals surface area contributed by atoms with Gasteiger partial charge in [-0.05, 0) is 42.0 Å². The van der Waals surface area contributed by atoms with E-state index in [9.17, 15) is 14.0 Å². The topological polar surface area (TPSA) is 123 Å². The number of aromatic nitrogens is 5. The third-order valence-electron chi connectivity index (χ3n) is 3.54. The first-order valence-corrected chi connectivity index (χ1v) is 7.92. The normalized spacial score (nSPS) is 10.6. The number of halogens is 1. The Labute approximate surface area is 152 Å². The van der Waals surface area contributed by atoms with Gasteiger partial charge in [0.05, 0.1) is 0 Å². The summed E-state index contributed by atoms with van der Waals surface area (Å²) in [5, 5.41) is 22.9. The molecule has 3 aromatic rings. The molecule has 138 valence electrons. The average Bonchev–Trinajstić information content (AvgIpc) is 3.08. The Bertz CT molecular complexity index is 987. The third kappa shape index (κ3) is 4.69. The van der Waals surface area contributed by atoms with Gasteiger partial charge < -0.3 is 10.4 Å². The van der Waals surface area contributed by atoms with E-state index in [0.29, 0.717) is 11.3 Å². The monoisotopic (exact) mass is 370 g/mol. The number of aryl methyl sites for hydroxylation is 1. The molecule has 2 N–H and O–H groups in total. The van der Waals surface area contributed by atoms with Gasteiger partial charge in [-0.2, -0.15) is 4.80 Å². The number of rotatable bonds is 6. The minimum Gasteiger partial charge on any atom is -0.480 e. The summed E-state index contributed by atoms with van der Waals surface area (Å²) in [5.74, 6) is -1.67. The molecule has 10 heteroatoms. The van der Waals surface area contributed by atoms with Crippen LogP contribution in [0, 0.1) is 12.7 Å². The molecule has 0 saturated heterocycles. The van der Waals surface area contributed by atoms with Crippen LogP contribution in [0.1, 0.15) is 21.7 Å². The van der Waals surface area contributed by atoms with Gasteiger partial charge in [0, 0.05) is 17.8 Å². The van der Waals surface area contributed by atoms with Gasteiger partial charge in [-0.25, -0.2) is 9.37 Å². The molecule has 0 unspecified atom stereocenters. The number of aliphatic carboxylic acids is 1. The highest BCUT2D eigenvalue weighted by molar-refractivity contribution is 5.93. The lowest BCUT2D eigenvalue weighted by Crippen LogP contribution is -2.24. The Hall–Kier alpha value is -3.69. The number of benzene rings is 1. The van der Waals surface area contributed by atoms with E-state index in [1.807, 2.05) is 0 Å². The lowest BCUT2D eigenvalue weighted by molar-refractivity contribution is -0.138. The van der Waals surface area contributed by atoms with Crippen molar-refractivity contribution < 1.29 is 19.1 Å². The summed E-state index contributed by atoms with van der Waals surface area (Å²) in [4.78, 5) is 28.2. The molecule has 0 fully saturated rings. The molecule has 1 amide bonds. The molecule has 0 atom stereocenters. The maximum atomic E-state index is 12.9. The predicted octanol–water partition coefficient (Wildman–Crippen LogP) is 1.20. The molecule has 9 nitrogen and oxygen atoms in total. The Morgan fingerprint density at radius 3 is 2.67 bits per heavy atom. The molecule has 27 heavy (non-hydrogen) atoms. The van der Waals surface area contributed by atoms with Crippen LogP contribution >= 0.6 is 0 Å². The van der Waals surface area contributed by atoms with Gasteiger partial charge in [0.2, 0.25) is 5.82 Å². The number of pyridine rings is 1. The van der Waals surface area contributed by atoms with Crippen LogP contribution < -0.4 is 5.32 Å². The van der Waals surface area contributed by atoms with Crippen LogP contribution in [0.15, 0.2) is 36.4 Å². The Kier molecular flexibility index (Phi) is 5.15. The molecule has 2 heterocycles. The predicted molar refractivity (Wildman–Crippen MR) is 91.0 cm³/mol. The van der Waals surface area contributed by atoms with Gasteiger partial charge in [-0.3, -0.25) is 9.59 Å². The summed E-state index contributed by atoms with van der Waals surface area (Å²) in [5.41, 5.74) is 1.96. The number of tetrazole rings is 1. The lowest BCUT2D eigenvalue weighted by Gasteiger charge is -2.07. The summed E-state index contributed by atoms with van der Waals surface area (Å²) < 4.78 is 12.9. The van der Waals surface area contributed by atoms with Crippen molar-refractivity contribution in [1.82, 2.24) is 30.5 Å². The minimum atomic E-state index is -1.09. The number of carboxylic acid groups (broad SMARTS) is 1. The van der Waals surface area contributed by atoms with Crippen molar-refractivity contribution in [2.75, 3.05) is 0 Å². The zero-order valence-electron chi connectivity index (χ0n) is 14.3. The average molecular weight is 370 g/mol. The molecule has 0 radical (unpaired) electrons. The van der Waals surface area contributed by atoms with Crippen molar-refractivity contribution in [3.05, 3.63) is 59.2 Å². The summed E-state index contributed by atoms with van der Waals surface area (Å²) in [6, 6.07) is 8.95. The zero-order valence-corrected chi connectivity index (χ0v) is 14.3. The van der Waals surface area contributed by atoms with Crippen LogP contribution in [0.5, 0.6) is 0 Å². The molecule has 0 aliphatic carbocycles. The molecular weight excluding hydrogens is 355 g/mol. The van der Waals surface area contributed by atoms with Crippen LogP contribution in [0.4, 0.5) is 4.39 Å². The van der Waals surface area contributed by atoms with Crippen LogP contribution in [0.25, 0.3) is 11.4 Å². The van der Waals surface area contributed by atoms with Crippen molar-refractivity contribution in [3.8, 4) is 11.4 Å². The van der Waals surface area contributed by atoms with Gasteiger partial charge in [0.1, 0.15) is 11.5 Å². The van der Waals surface area contributed by atoms with E-state index in [1.165, 1.54) is 18.2 Å². The summed E-state index contributed by atoms with van der Waals surface area (Å²) in [6.07, 6.45) is 0. The van der Waals surface area contributed by atoms with Crippen molar-refractivity contribution in [1.29, 1.82) is 0 Å². The number of nitrogens with one attached hydrogen (secondary N) is 1. The van der Waals surface area contributed by atoms with Crippen LogP contribution in [0.3, 0.4) is 0 Å². The van der Waals surface area contributed by atoms with E-state index in [4.69, 9.17) is 5.11 Å². The van der Waals surface area contributed by atoms with Gasteiger partial charge in [-0.1, -0.05) is 12.1 Å². The molecular formula is C17H15FN6O3. The van der Waals surface area contributed by atoms with Gasteiger partial charge >= 0.3 is 5.97 Å². The van der Waals surface area contributed by atoms with E-state index in [0.717, 1.165) is 10.4 Å². The summed E-state index contributed by atoms with van der Waals surface area (Å²) in [6.45, 7) is 1.51. The van der Waals surface area contributed by atoms with Crippen LogP contribution in [-0.4, -0.2) is 42.2 Å². The number of carbonyl (C=O) groups is 2. The molecule has 0 spiro atoms. The Morgan fingerprint density at radius 2 is 1.96 bits per heavy atom. The fourth-order valence-corrected chi connectivity index (χ4v) is 2.34. The van der Waals surface area contributed by atoms with Gasteiger partial charge in [0.15, 0.2) is 6.54 Å². The maximum Gasteiger partial charge on any atom is 0.327 e. The summed E-state index contributed by atoms with van der Waals surface area (Å²) >= 11 is 0. The third-order valence-corrected chi connectivity index (χ3v) is 3.54. The molecule has 0 saturated carbocycles. The minimum absolute atomic E-state index is 0.154. The quantitative estimate of drug-likeness (QED) is 0.668. The highest BCUT2D eigenvalue weighted by Crippen LogP contribution is 2.16. The van der Waals surface area contributed by atoms with Crippen LogP contribution in [-0.2, 0) is 17.9 Å². The second-order valence-electron chi connectivity index (χ2n) is 5.73. The molecule has 0 aliphatic rings. The number of carbonyl (C=O) groups excluding carboxylic acids is 1. The standard InChI is InChI=1S/C17H15FN6O3/c1-10-6-12(16-21-23-24(22-16)9-15(25)26)7-14(20-10)17(27)19-8-11-2-4-13(18)5-3-11/h2-7H,8-9H2,1H3,(H,19,27)(H,25,26). The van der Waals surface area contributed by atoms with E-state index >= 15 is 0 Å². The molecule has 1 aromatic carbocycles. The maximum absolute atomic E-state index is 12.9. The first-order valence-electron chi connectivity index (χ1n) is 7.92. The number of carboxylic acids is 1. The highest BCUT2D eigenvalue weighted by atomic mass is 19.1. The molecule has 0 bridgehead atoms. The van der Waals surface area contributed by atoms with E-state index in [1.54, 1.807) is 25.1 Å². The second-order valence-corrected chi connectivity index (χ2v) is 5.73. The van der Waals surface area contributed by atoms with E-state index < -0.39 is 18.4 Å². The lowest BCUT2D eigenvalue weighted by atomic mass is 10.1. The number of hydrogen-bond acceptors (Lipinski definition) is 6. The molecule has 2 aromatic heterocycles. The number of amides is 1. The SMILES string of the molecule is Cc1cc(-c2nnn(CC(=O)O)n2)cc(C(=O)NCc2ccc(F)cc2)n1. The van der Waals surface area contributed by atoms with Crippen molar-refractivity contribution in [2.24, 2.45) is 0 Å².